The van der Waals surface area contributed by atoms with Crippen molar-refractivity contribution in [3.63, 3.8) is 0 Å². The summed E-state index contributed by atoms with van der Waals surface area (Å²) in [6.07, 6.45) is 5.88. The summed E-state index contributed by atoms with van der Waals surface area (Å²) in [7, 11) is 3.20. The molecule has 0 unspecified atom stereocenters. The second-order valence-corrected chi connectivity index (χ2v) is 22.7. The van der Waals surface area contributed by atoms with E-state index in [9.17, 15) is 24.3 Å². The Morgan fingerprint density at radius 3 is 1.38 bits per heavy atom. The van der Waals surface area contributed by atoms with Crippen molar-refractivity contribution < 1.29 is 28.6 Å². The summed E-state index contributed by atoms with van der Waals surface area (Å²) >= 11 is 0. The molecule has 0 saturated carbocycles. The number of hydrogen-bond donors (Lipinski definition) is 1. The molecule has 0 aliphatic carbocycles. The number of rotatable bonds is 12. The number of ether oxygens (including phenoxy) is 2. The summed E-state index contributed by atoms with van der Waals surface area (Å²) in [5.74, 6) is 0.219. The maximum atomic E-state index is 13.5. The molecule has 0 fully saturated rings. The van der Waals surface area contributed by atoms with Crippen molar-refractivity contribution >= 4 is 64.6 Å². The Balaban J connectivity index is 0.000000281. The van der Waals surface area contributed by atoms with Crippen LogP contribution in [-0.2, 0) is 37.6 Å². The molecular weight excluding hydrogens is 837 g/mol. The molecule has 0 spiro atoms. The smallest absolute Gasteiger partial charge is 0.315 e. The topological polar surface area (TPSA) is 152 Å². The Morgan fingerprint density at radius 1 is 0.631 bits per heavy atom. The van der Waals surface area contributed by atoms with Gasteiger partial charge in [-0.05, 0) is 92.3 Å². The number of methoxy groups -OCH3 is 2. The van der Waals surface area contributed by atoms with Crippen LogP contribution in [0.4, 0.5) is 0 Å². The van der Waals surface area contributed by atoms with Crippen molar-refractivity contribution in [1.82, 2.24) is 19.1 Å². The van der Waals surface area contributed by atoms with Gasteiger partial charge in [-0.2, -0.15) is 0 Å². The highest BCUT2D eigenvalue weighted by molar-refractivity contribution is 6.99. The first kappa shape index (κ1) is 49.7. The van der Waals surface area contributed by atoms with E-state index in [1.165, 1.54) is 18.8 Å². The number of benzene rings is 4. The highest BCUT2D eigenvalue weighted by Crippen LogP contribution is 2.39. The van der Waals surface area contributed by atoms with E-state index >= 15 is 0 Å². The number of esters is 2. The molecule has 0 saturated heterocycles. The molecule has 342 valence electrons. The minimum atomic E-state index is -2.87. The minimum Gasteiger partial charge on any atom is -0.468 e. The summed E-state index contributed by atoms with van der Waals surface area (Å²) in [6.45, 7) is 17.4. The molecule has 2 aromatic heterocycles. The van der Waals surface area contributed by atoms with E-state index in [2.05, 4.69) is 74.3 Å². The molecule has 0 bridgehead atoms. The monoisotopic (exact) mass is 898 g/mol. The minimum absolute atomic E-state index is 0.131. The fourth-order valence-corrected chi connectivity index (χ4v) is 12.5. The maximum Gasteiger partial charge on any atom is 0.315 e. The van der Waals surface area contributed by atoms with E-state index in [-0.39, 0.29) is 28.1 Å². The van der Waals surface area contributed by atoms with Gasteiger partial charge in [0.1, 0.15) is 23.9 Å². The average Bonchev–Trinajstić information content (AvgIpc) is 3.28. The molecule has 65 heavy (non-hydrogen) atoms. The second kappa shape index (κ2) is 19.8. The van der Waals surface area contributed by atoms with Crippen LogP contribution in [0.5, 0.6) is 0 Å². The standard InChI is InChI=1S/C34H40N2O4Si.C18H22N2O4/c1-24(40-41(33(2,3)4,26-15-11-9-12-16-26)27-17-13-10-14-18-27)30-35-29-23-25(19-20-28(29)31(37)36(30)7)21-22-34(5,6)32(38)39-8;1-11(21)15-19-14-10-12(6-7-13(14)16(22)20(15)4)8-9-18(2,3)17(23)24-5/h9-24H,1-8H3;6-11,21H,1-5H3/b22-21+;9-8+/t24-;11-/m11/s1. The average molecular weight is 899 g/mol. The maximum absolute atomic E-state index is 13.5. The Labute approximate surface area is 382 Å². The summed E-state index contributed by atoms with van der Waals surface area (Å²) in [4.78, 5) is 59.0. The lowest BCUT2D eigenvalue weighted by Gasteiger charge is -2.44. The van der Waals surface area contributed by atoms with Crippen molar-refractivity contribution in [3.8, 4) is 0 Å². The Bertz CT molecular complexity index is 2820. The number of hydrogen-bond acceptors (Lipinski definition) is 10. The van der Waals surface area contributed by atoms with Crippen molar-refractivity contribution in [1.29, 1.82) is 0 Å². The predicted octanol–water partition coefficient (Wildman–Crippen LogP) is 7.98. The molecule has 0 amide bonds. The first-order valence-electron chi connectivity index (χ1n) is 21.5. The molecular formula is C52H62N4O8Si. The zero-order chi connectivity index (χ0) is 48.1. The third kappa shape index (κ3) is 10.6. The van der Waals surface area contributed by atoms with Crippen molar-refractivity contribution in [2.45, 2.75) is 79.6 Å². The van der Waals surface area contributed by atoms with Crippen molar-refractivity contribution in [2.75, 3.05) is 14.2 Å². The predicted molar refractivity (Wildman–Crippen MR) is 261 cm³/mol. The number of carbonyl (C=O) groups excluding carboxylic acids is 2. The van der Waals surface area contributed by atoms with E-state index in [1.54, 1.807) is 95.8 Å². The van der Waals surface area contributed by atoms with Crippen LogP contribution in [0.3, 0.4) is 0 Å². The second-order valence-electron chi connectivity index (χ2n) is 18.4. The van der Waals surface area contributed by atoms with Gasteiger partial charge in [0.05, 0.1) is 46.9 Å². The highest BCUT2D eigenvalue weighted by atomic mass is 28.4. The van der Waals surface area contributed by atoms with E-state index in [0.717, 1.165) is 21.5 Å². The van der Waals surface area contributed by atoms with Crippen molar-refractivity contribution in [3.05, 3.63) is 153 Å². The molecule has 2 atom stereocenters. The van der Waals surface area contributed by atoms with Gasteiger partial charge in [-0.1, -0.05) is 118 Å². The largest absolute Gasteiger partial charge is 0.468 e. The number of aliphatic hydroxyl groups excluding tert-OH is 1. The summed E-state index contributed by atoms with van der Waals surface area (Å²) in [5.41, 5.74) is 0.848. The molecule has 12 nitrogen and oxygen atoms in total. The molecule has 4 aromatic carbocycles. The molecule has 6 aromatic rings. The van der Waals surface area contributed by atoms with Crippen LogP contribution >= 0.6 is 0 Å². The first-order valence-corrected chi connectivity index (χ1v) is 23.4. The lowest BCUT2D eigenvalue weighted by atomic mass is 9.92. The van der Waals surface area contributed by atoms with Crippen LogP contribution < -0.4 is 21.5 Å². The molecule has 0 aliphatic heterocycles. The summed E-state index contributed by atoms with van der Waals surface area (Å²) < 4.78 is 19.9. The Morgan fingerprint density at radius 2 is 1.02 bits per heavy atom. The van der Waals surface area contributed by atoms with Gasteiger partial charge in [0, 0.05) is 14.1 Å². The van der Waals surface area contributed by atoms with E-state index in [1.807, 2.05) is 37.3 Å². The molecule has 6 rings (SSSR count). The third-order valence-corrected chi connectivity index (χ3v) is 16.7. The molecule has 1 N–H and O–H groups in total. The van der Waals surface area contributed by atoms with E-state index in [4.69, 9.17) is 18.9 Å². The highest BCUT2D eigenvalue weighted by Gasteiger charge is 2.51. The number of aliphatic hydroxyl groups is 1. The van der Waals surface area contributed by atoms with Crippen molar-refractivity contribution in [2.24, 2.45) is 24.9 Å². The van der Waals surface area contributed by atoms with Crippen LogP contribution in [0.1, 0.15) is 97.3 Å². The van der Waals surface area contributed by atoms with Gasteiger partial charge in [0.2, 0.25) is 0 Å². The fourth-order valence-electron chi connectivity index (χ4n) is 7.84. The van der Waals surface area contributed by atoms with Gasteiger partial charge >= 0.3 is 11.9 Å². The van der Waals surface area contributed by atoms with Gasteiger partial charge in [-0.15, -0.1) is 0 Å². The SMILES string of the molecule is COC(=O)C(C)(C)/C=C/c1ccc2c(=O)n(C)c([C@@H](C)O)nc2c1.COC(=O)C(C)(C)/C=C/c1ccc2c(=O)n(C)c([C@@H](C)O[Si](c3ccccc3)(c3ccccc3)C(C)(C)C)nc2c1. The lowest BCUT2D eigenvalue weighted by molar-refractivity contribution is -0.148. The number of carbonyl (C=O) groups is 2. The van der Waals surface area contributed by atoms with Crippen LogP contribution in [0.25, 0.3) is 34.0 Å². The molecule has 0 aliphatic rings. The van der Waals surface area contributed by atoms with Gasteiger partial charge in [0.15, 0.2) is 0 Å². The van der Waals surface area contributed by atoms with Crippen LogP contribution in [0, 0.1) is 10.8 Å². The van der Waals surface area contributed by atoms with Gasteiger partial charge in [-0.3, -0.25) is 28.3 Å². The van der Waals surface area contributed by atoms with Gasteiger partial charge < -0.3 is 19.0 Å². The zero-order valence-corrected chi connectivity index (χ0v) is 40.8. The third-order valence-electron chi connectivity index (χ3n) is 11.6. The molecule has 2 heterocycles. The first-order chi connectivity index (χ1) is 30.5. The van der Waals surface area contributed by atoms with E-state index < -0.39 is 31.4 Å². The quantitative estimate of drug-likeness (QED) is 0.0946. The number of aromatic nitrogens is 4. The number of fused-ring (bicyclic) bond motifs is 2. The van der Waals surface area contributed by atoms with Crippen LogP contribution in [-0.4, -0.2) is 58.7 Å². The van der Waals surface area contributed by atoms with Gasteiger partial charge in [0.25, 0.3) is 19.4 Å². The Hall–Kier alpha value is -6.28. The summed E-state index contributed by atoms with van der Waals surface area (Å²) in [6, 6.07) is 31.6. The van der Waals surface area contributed by atoms with E-state index in [0.29, 0.717) is 33.5 Å². The summed E-state index contributed by atoms with van der Waals surface area (Å²) in [5, 5.41) is 12.9. The zero-order valence-electron chi connectivity index (χ0n) is 39.8. The molecule has 13 heteroatoms. The normalized spacial score (nSPS) is 13.4. The van der Waals surface area contributed by atoms with Crippen LogP contribution in [0.2, 0.25) is 5.04 Å². The lowest BCUT2D eigenvalue weighted by Crippen LogP contribution is -2.66. The number of nitrogens with zero attached hydrogens (tertiary/aromatic N) is 4. The fraction of sp³-hybridized carbons (Fsp3) is 0.346. The molecule has 0 radical (unpaired) electrons. The van der Waals surface area contributed by atoms with Gasteiger partial charge in [-0.25, -0.2) is 9.97 Å². The Kier molecular flexibility index (Phi) is 15.2. The van der Waals surface area contributed by atoms with Crippen LogP contribution in [0.15, 0.2) is 119 Å².